The van der Waals surface area contributed by atoms with Crippen LogP contribution in [0.3, 0.4) is 0 Å². The van der Waals surface area contributed by atoms with Gasteiger partial charge in [-0.25, -0.2) is 4.79 Å². The predicted molar refractivity (Wildman–Crippen MR) is 55.2 cm³/mol. The first kappa shape index (κ1) is 12.1. The Morgan fingerprint density at radius 1 is 1.12 bits per heavy atom. The molecule has 88 valence electrons. The van der Waals surface area contributed by atoms with Gasteiger partial charge in [-0.15, -0.1) is 0 Å². The van der Waals surface area contributed by atoms with Crippen molar-refractivity contribution in [3.8, 4) is 17.5 Å². The molecule has 1 rings (SSSR count). The largest absolute Gasteiger partial charge is 0.491 e. The first-order chi connectivity index (χ1) is 7.67. The van der Waals surface area contributed by atoms with Crippen molar-refractivity contribution in [2.24, 2.45) is 0 Å². The highest BCUT2D eigenvalue weighted by Crippen LogP contribution is 2.32. The van der Waals surface area contributed by atoms with Gasteiger partial charge in [-0.3, -0.25) is 0 Å². The second-order valence-electron chi connectivity index (χ2n) is 2.75. The summed E-state index contributed by atoms with van der Waals surface area (Å²) in [4.78, 5) is 15.5. The van der Waals surface area contributed by atoms with E-state index in [9.17, 15) is 4.79 Å². The monoisotopic (exact) mass is 227 g/mol. The topological polar surface area (TPSA) is 66.9 Å². The van der Waals surface area contributed by atoms with Crippen LogP contribution >= 0.6 is 0 Å². The summed E-state index contributed by atoms with van der Waals surface area (Å²) in [6.07, 6.45) is 0. The van der Waals surface area contributed by atoms with Gasteiger partial charge in [0.2, 0.25) is 5.88 Å². The molecule has 0 spiro atoms. The van der Waals surface area contributed by atoms with Gasteiger partial charge in [0, 0.05) is 6.07 Å². The summed E-state index contributed by atoms with van der Waals surface area (Å²) in [5.74, 6) is 0.0892. The standard InChI is InChI=1S/C10H13NO5/c1-13-7-5-6(10(12)16-4)8(14-2)9(11-7)15-3/h5H,1-4H3. The van der Waals surface area contributed by atoms with Crippen molar-refractivity contribution in [2.75, 3.05) is 28.4 Å². The summed E-state index contributed by atoms with van der Waals surface area (Å²) >= 11 is 0. The van der Waals surface area contributed by atoms with E-state index in [0.29, 0.717) is 0 Å². The lowest BCUT2D eigenvalue weighted by Gasteiger charge is -2.11. The molecular formula is C10H13NO5. The maximum Gasteiger partial charge on any atom is 0.342 e. The van der Waals surface area contributed by atoms with Crippen LogP contribution in [0.5, 0.6) is 17.5 Å². The lowest BCUT2D eigenvalue weighted by atomic mass is 10.2. The summed E-state index contributed by atoms with van der Waals surface area (Å²) < 4.78 is 19.6. The maximum absolute atomic E-state index is 11.5. The van der Waals surface area contributed by atoms with Crippen molar-refractivity contribution in [1.82, 2.24) is 4.98 Å². The van der Waals surface area contributed by atoms with Crippen LogP contribution in [-0.2, 0) is 4.74 Å². The number of carbonyl (C=O) groups is 1. The van der Waals surface area contributed by atoms with E-state index in [4.69, 9.17) is 14.2 Å². The molecule has 0 atom stereocenters. The zero-order chi connectivity index (χ0) is 12.1. The zero-order valence-electron chi connectivity index (χ0n) is 9.57. The van der Waals surface area contributed by atoms with E-state index in [1.807, 2.05) is 0 Å². The van der Waals surface area contributed by atoms with E-state index in [1.54, 1.807) is 0 Å². The third-order valence-electron chi connectivity index (χ3n) is 1.93. The lowest BCUT2D eigenvalue weighted by Crippen LogP contribution is -2.07. The van der Waals surface area contributed by atoms with Crippen molar-refractivity contribution >= 4 is 5.97 Å². The molecule has 0 unspecified atom stereocenters. The van der Waals surface area contributed by atoms with Crippen LogP contribution in [0.1, 0.15) is 10.4 Å². The van der Waals surface area contributed by atoms with E-state index < -0.39 is 5.97 Å². The van der Waals surface area contributed by atoms with Crippen LogP contribution < -0.4 is 14.2 Å². The van der Waals surface area contributed by atoms with Gasteiger partial charge in [0.25, 0.3) is 5.88 Å². The molecule has 0 amide bonds. The molecule has 0 aliphatic carbocycles. The van der Waals surface area contributed by atoms with Crippen molar-refractivity contribution in [3.63, 3.8) is 0 Å². The molecular weight excluding hydrogens is 214 g/mol. The summed E-state index contributed by atoms with van der Waals surface area (Å²) in [5, 5.41) is 0. The molecule has 0 N–H and O–H groups in total. The Hall–Kier alpha value is -1.98. The smallest absolute Gasteiger partial charge is 0.342 e. The highest BCUT2D eigenvalue weighted by Gasteiger charge is 2.20. The van der Waals surface area contributed by atoms with Gasteiger partial charge in [-0.2, -0.15) is 4.98 Å². The van der Waals surface area contributed by atoms with E-state index in [-0.39, 0.29) is 23.1 Å². The number of aromatic nitrogens is 1. The third kappa shape index (κ3) is 2.16. The minimum Gasteiger partial charge on any atom is -0.491 e. The highest BCUT2D eigenvalue weighted by atomic mass is 16.5. The van der Waals surface area contributed by atoms with Gasteiger partial charge < -0.3 is 18.9 Å². The quantitative estimate of drug-likeness (QED) is 0.712. The number of hydrogen-bond donors (Lipinski definition) is 0. The van der Waals surface area contributed by atoms with Gasteiger partial charge in [0.1, 0.15) is 5.56 Å². The molecule has 0 aliphatic rings. The molecule has 0 aliphatic heterocycles. The molecule has 1 aromatic heterocycles. The predicted octanol–water partition coefficient (Wildman–Crippen LogP) is 0.894. The second kappa shape index (κ2) is 5.20. The van der Waals surface area contributed by atoms with Gasteiger partial charge in [-0.05, 0) is 0 Å². The van der Waals surface area contributed by atoms with Crippen molar-refractivity contribution in [2.45, 2.75) is 0 Å². The van der Waals surface area contributed by atoms with E-state index in [1.165, 1.54) is 34.5 Å². The van der Waals surface area contributed by atoms with Crippen LogP contribution in [0.15, 0.2) is 6.07 Å². The molecule has 16 heavy (non-hydrogen) atoms. The van der Waals surface area contributed by atoms with E-state index in [0.717, 1.165) is 0 Å². The number of nitrogens with zero attached hydrogens (tertiary/aromatic N) is 1. The fourth-order valence-electron chi connectivity index (χ4n) is 1.19. The Bertz CT molecular complexity index is 391. The van der Waals surface area contributed by atoms with Gasteiger partial charge in [0.15, 0.2) is 5.75 Å². The molecule has 1 heterocycles. The van der Waals surface area contributed by atoms with Crippen LogP contribution in [-0.4, -0.2) is 39.4 Å². The van der Waals surface area contributed by atoms with Gasteiger partial charge >= 0.3 is 5.97 Å². The number of esters is 1. The summed E-state index contributed by atoms with van der Waals surface area (Å²) in [7, 11) is 5.56. The molecule has 0 aromatic carbocycles. The third-order valence-corrected chi connectivity index (χ3v) is 1.93. The molecule has 0 bridgehead atoms. The summed E-state index contributed by atoms with van der Waals surface area (Å²) in [5.41, 5.74) is 0.203. The number of ether oxygens (including phenoxy) is 4. The van der Waals surface area contributed by atoms with E-state index >= 15 is 0 Å². The Morgan fingerprint density at radius 3 is 2.25 bits per heavy atom. The maximum atomic E-state index is 11.5. The van der Waals surface area contributed by atoms with E-state index in [2.05, 4.69) is 9.72 Å². The number of methoxy groups -OCH3 is 4. The van der Waals surface area contributed by atoms with Crippen molar-refractivity contribution in [1.29, 1.82) is 0 Å². The minimum absolute atomic E-state index is 0.169. The number of carbonyl (C=O) groups excluding carboxylic acids is 1. The number of pyridine rings is 1. The van der Waals surface area contributed by atoms with Gasteiger partial charge in [-0.1, -0.05) is 0 Å². The lowest BCUT2D eigenvalue weighted by molar-refractivity contribution is 0.0595. The second-order valence-corrected chi connectivity index (χ2v) is 2.75. The Balaban J connectivity index is 3.36. The fraction of sp³-hybridized carbons (Fsp3) is 0.400. The Kier molecular flexibility index (Phi) is 3.93. The molecule has 6 heteroatoms. The average Bonchev–Trinajstić information content (AvgIpc) is 2.35. The molecule has 6 nitrogen and oxygen atoms in total. The molecule has 0 saturated carbocycles. The van der Waals surface area contributed by atoms with Crippen molar-refractivity contribution in [3.05, 3.63) is 11.6 Å². The van der Waals surface area contributed by atoms with Crippen LogP contribution in [0.4, 0.5) is 0 Å². The Morgan fingerprint density at radius 2 is 1.81 bits per heavy atom. The van der Waals surface area contributed by atoms with Crippen LogP contribution in [0, 0.1) is 0 Å². The molecule has 0 fully saturated rings. The zero-order valence-corrected chi connectivity index (χ0v) is 9.57. The first-order valence-corrected chi connectivity index (χ1v) is 4.43. The highest BCUT2D eigenvalue weighted by molar-refractivity contribution is 5.93. The van der Waals surface area contributed by atoms with Crippen LogP contribution in [0.25, 0.3) is 0 Å². The van der Waals surface area contributed by atoms with Crippen molar-refractivity contribution < 1.29 is 23.7 Å². The SMILES string of the molecule is COC(=O)c1cc(OC)nc(OC)c1OC. The molecule has 1 aromatic rings. The Labute approximate surface area is 93.1 Å². The summed E-state index contributed by atoms with van der Waals surface area (Å²) in [6.45, 7) is 0. The molecule has 0 radical (unpaired) electrons. The number of rotatable bonds is 4. The average molecular weight is 227 g/mol. The minimum atomic E-state index is -0.546. The number of hydrogen-bond acceptors (Lipinski definition) is 6. The van der Waals surface area contributed by atoms with Crippen LogP contribution in [0.2, 0.25) is 0 Å². The molecule has 0 saturated heterocycles. The summed E-state index contributed by atoms with van der Waals surface area (Å²) in [6, 6.07) is 1.42. The fourth-order valence-corrected chi connectivity index (χ4v) is 1.19. The van der Waals surface area contributed by atoms with Gasteiger partial charge in [0.05, 0.1) is 28.4 Å². The first-order valence-electron chi connectivity index (χ1n) is 4.43. The normalized spacial score (nSPS) is 9.50.